The van der Waals surface area contributed by atoms with Gasteiger partial charge in [0, 0.05) is 24.3 Å². The molecule has 0 fully saturated rings. The maximum Gasteiger partial charge on any atom is 0.282 e. The van der Waals surface area contributed by atoms with E-state index < -0.39 is 0 Å². The van der Waals surface area contributed by atoms with E-state index in [9.17, 15) is 0 Å². The molecule has 0 radical (unpaired) electrons. The third kappa shape index (κ3) is 7.13. The lowest BCUT2D eigenvalue weighted by Gasteiger charge is -2.24. The number of hydrogen-bond donors (Lipinski definition) is 0. The van der Waals surface area contributed by atoms with Gasteiger partial charge < -0.3 is 23.7 Å². The van der Waals surface area contributed by atoms with Crippen LogP contribution in [0.3, 0.4) is 0 Å². The van der Waals surface area contributed by atoms with Gasteiger partial charge in [0.15, 0.2) is 11.0 Å². The van der Waals surface area contributed by atoms with Crippen molar-refractivity contribution in [2.75, 3.05) is 36.1 Å². The second-order valence-electron chi connectivity index (χ2n) is 13.1. The molecule has 0 saturated carbocycles. The Bertz CT molecular complexity index is 2370. The van der Waals surface area contributed by atoms with E-state index in [4.69, 9.17) is 13.9 Å². The van der Waals surface area contributed by atoms with E-state index >= 15 is 0 Å². The number of aromatic nitrogens is 2. The quantitative estimate of drug-likeness (QED) is 0.105. The minimum absolute atomic E-state index is 0.530. The van der Waals surface area contributed by atoms with Crippen molar-refractivity contribution in [1.29, 1.82) is 0 Å². The zero-order chi connectivity index (χ0) is 36.7. The Morgan fingerprint density at radius 3 is 1.98 bits per heavy atom. The van der Waals surface area contributed by atoms with E-state index in [1.807, 2.05) is 72.8 Å². The number of rotatable bonds is 14. The van der Waals surface area contributed by atoms with Crippen molar-refractivity contribution in [3.05, 3.63) is 170 Å². The van der Waals surface area contributed by atoms with Crippen molar-refractivity contribution in [2.24, 2.45) is 0 Å². The lowest BCUT2D eigenvalue weighted by atomic mass is 10.0. The summed E-state index contributed by atoms with van der Waals surface area (Å²) < 4.78 is 23.0. The molecule has 7 nitrogen and oxygen atoms in total. The maximum absolute atomic E-state index is 6.24. The number of fused-ring (bicyclic) bond motifs is 2. The molecular formula is C47H45N4O3+. The highest BCUT2D eigenvalue weighted by molar-refractivity contribution is 5.87. The Labute approximate surface area is 317 Å². The molecule has 2 aromatic heterocycles. The average molecular weight is 714 g/mol. The summed E-state index contributed by atoms with van der Waals surface area (Å²) in [6.07, 6.45) is 8.39. The van der Waals surface area contributed by atoms with Crippen LogP contribution in [-0.4, -0.2) is 30.9 Å². The summed E-state index contributed by atoms with van der Waals surface area (Å²) in [5.74, 6) is 4.80. The van der Waals surface area contributed by atoms with Crippen LogP contribution in [0.25, 0.3) is 39.6 Å². The Morgan fingerprint density at radius 2 is 1.31 bits per heavy atom. The molecular weight excluding hydrogens is 669 g/mol. The maximum atomic E-state index is 6.24. The summed E-state index contributed by atoms with van der Waals surface area (Å²) in [4.78, 5) is 4.79. The summed E-state index contributed by atoms with van der Waals surface area (Å²) in [5, 5.41) is 0. The highest BCUT2D eigenvalue weighted by Crippen LogP contribution is 2.43. The molecule has 0 spiro atoms. The van der Waals surface area contributed by atoms with Crippen LogP contribution >= 0.6 is 0 Å². The lowest BCUT2D eigenvalue weighted by Crippen LogP contribution is -2.35. The molecule has 0 saturated heterocycles. The number of ether oxygens (including phenoxy) is 2. The van der Waals surface area contributed by atoms with Gasteiger partial charge in [-0.3, -0.25) is 0 Å². The minimum atomic E-state index is 0.530. The first kappa shape index (κ1) is 34.6. The number of benzene rings is 5. The predicted octanol–water partition coefficient (Wildman–Crippen LogP) is 10.2. The summed E-state index contributed by atoms with van der Waals surface area (Å²) in [6, 6.07) is 47.9. The minimum Gasteiger partial charge on any atom is -0.492 e. The van der Waals surface area contributed by atoms with E-state index in [0.717, 1.165) is 58.6 Å². The highest BCUT2D eigenvalue weighted by atomic mass is 16.5. The van der Waals surface area contributed by atoms with Gasteiger partial charge in [-0.1, -0.05) is 78.9 Å². The molecule has 0 unspecified atom stereocenters. The largest absolute Gasteiger partial charge is 0.492 e. The smallest absolute Gasteiger partial charge is 0.282 e. The number of nitrogens with zero attached hydrogens (tertiary/aromatic N) is 4. The number of hydrogen-bond acceptors (Lipinski definition) is 5. The Kier molecular flexibility index (Phi) is 10.3. The number of allylic oxidation sites excluding steroid dienone is 2. The van der Waals surface area contributed by atoms with Crippen molar-refractivity contribution in [2.45, 2.75) is 26.9 Å². The normalized spacial score (nSPS) is 13.3. The van der Waals surface area contributed by atoms with Gasteiger partial charge in [0.1, 0.15) is 42.8 Å². The van der Waals surface area contributed by atoms with Crippen LogP contribution in [0.4, 0.5) is 11.4 Å². The number of aryl methyl sites for hydroxylation is 1. The molecule has 270 valence electrons. The fourth-order valence-corrected chi connectivity index (χ4v) is 7.38. The van der Waals surface area contributed by atoms with E-state index in [2.05, 4.69) is 118 Å². The van der Waals surface area contributed by atoms with Crippen molar-refractivity contribution >= 4 is 28.5 Å². The number of imidazole rings is 1. The third-order valence-electron chi connectivity index (χ3n) is 9.91. The SMILES string of the molecule is CCN1C(=CC=Cc2n(CCOc3ccccc3)c3cc(-c4ccco4)ccc3[n+]2CC)N(CCOc2ccccc2)c2cc(-c3ccccc3)ccc21. The first-order valence-electron chi connectivity index (χ1n) is 18.8. The van der Waals surface area contributed by atoms with Gasteiger partial charge in [-0.15, -0.1) is 0 Å². The molecule has 7 heteroatoms. The molecule has 7 aromatic rings. The van der Waals surface area contributed by atoms with Crippen LogP contribution in [0.1, 0.15) is 19.7 Å². The van der Waals surface area contributed by atoms with Crippen molar-refractivity contribution in [3.63, 3.8) is 0 Å². The van der Waals surface area contributed by atoms with Crippen LogP contribution < -0.4 is 23.8 Å². The molecule has 0 bridgehead atoms. The zero-order valence-corrected chi connectivity index (χ0v) is 30.8. The van der Waals surface area contributed by atoms with Gasteiger partial charge in [-0.2, -0.15) is 0 Å². The molecule has 0 N–H and O–H groups in total. The Hall–Kier alpha value is -6.47. The van der Waals surface area contributed by atoms with Crippen LogP contribution in [0.5, 0.6) is 11.5 Å². The van der Waals surface area contributed by atoms with Gasteiger partial charge in [0.05, 0.1) is 30.7 Å². The number of para-hydroxylation sites is 2. The molecule has 5 aromatic carbocycles. The second kappa shape index (κ2) is 16.0. The van der Waals surface area contributed by atoms with E-state index in [1.165, 1.54) is 22.5 Å². The highest BCUT2D eigenvalue weighted by Gasteiger charge is 2.31. The molecule has 1 aliphatic heterocycles. The van der Waals surface area contributed by atoms with Gasteiger partial charge in [-0.05, 0) is 91.7 Å². The Morgan fingerprint density at radius 1 is 0.630 bits per heavy atom. The summed E-state index contributed by atoms with van der Waals surface area (Å²) in [7, 11) is 0. The molecule has 1 aliphatic rings. The fourth-order valence-electron chi connectivity index (χ4n) is 7.38. The van der Waals surface area contributed by atoms with Crippen LogP contribution in [-0.2, 0) is 13.1 Å². The molecule has 0 amide bonds. The average Bonchev–Trinajstić information content (AvgIpc) is 3.94. The lowest BCUT2D eigenvalue weighted by molar-refractivity contribution is -0.670. The van der Waals surface area contributed by atoms with E-state index in [-0.39, 0.29) is 0 Å². The third-order valence-corrected chi connectivity index (χ3v) is 9.91. The number of anilines is 2. The van der Waals surface area contributed by atoms with Crippen molar-refractivity contribution in [3.8, 4) is 33.9 Å². The molecule has 54 heavy (non-hydrogen) atoms. The summed E-state index contributed by atoms with van der Waals surface area (Å²) >= 11 is 0. The van der Waals surface area contributed by atoms with Crippen LogP contribution in [0.2, 0.25) is 0 Å². The molecule has 0 aliphatic carbocycles. The second-order valence-corrected chi connectivity index (χ2v) is 13.1. The Balaban J connectivity index is 1.17. The summed E-state index contributed by atoms with van der Waals surface area (Å²) in [5.41, 5.74) is 8.10. The van der Waals surface area contributed by atoms with Crippen LogP contribution in [0.15, 0.2) is 168 Å². The topological polar surface area (TPSA) is 46.9 Å². The van der Waals surface area contributed by atoms with Gasteiger partial charge in [0.2, 0.25) is 0 Å². The van der Waals surface area contributed by atoms with Crippen molar-refractivity contribution in [1.82, 2.24) is 4.57 Å². The first-order chi connectivity index (χ1) is 26.7. The van der Waals surface area contributed by atoms with E-state index in [0.29, 0.717) is 26.3 Å². The molecule has 8 rings (SSSR count). The van der Waals surface area contributed by atoms with E-state index in [1.54, 1.807) is 6.26 Å². The fraction of sp³-hybridized carbons (Fsp3) is 0.170. The standard InChI is InChI=1S/C47H45N4O3/c1-3-48-41-27-25-37(36-16-8-5-9-17-36)34-43(41)50(29-32-52-39-18-10-6-11-19-39)46(48)23-14-24-47-49(4-2)42-28-26-38(45-22-15-31-54-45)35-44(42)51(47)30-33-53-40-20-12-7-13-21-40/h5-28,31,34-35H,3-4,29-30,32-33H2,1-2H3/q+1. The molecule has 3 heterocycles. The van der Waals surface area contributed by atoms with Gasteiger partial charge >= 0.3 is 0 Å². The van der Waals surface area contributed by atoms with Crippen LogP contribution in [0, 0.1) is 0 Å². The monoisotopic (exact) mass is 713 g/mol. The number of furan rings is 1. The predicted molar refractivity (Wildman–Crippen MR) is 219 cm³/mol. The van der Waals surface area contributed by atoms with Gasteiger partial charge in [0.25, 0.3) is 5.82 Å². The zero-order valence-electron chi connectivity index (χ0n) is 30.8. The first-order valence-corrected chi connectivity index (χ1v) is 18.8. The van der Waals surface area contributed by atoms with Gasteiger partial charge in [-0.25, -0.2) is 9.13 Å². The van der Waals surface area contributed by atoms with Crippen molar-refractivity contribution < 1.29 is 18.5 Å². The molecule has 0 atom stereocenters. The summed E-state index contributed by atoms with van der Waals surface area (Å²) in [6.45, 7) is 8.50.